The van der Waals surface area contributed by atoms with Crippen molar-refractivity contribution < 1.29 is 14.1 Å². The van der Waals surface area contributed by atoms with Crippen molar-refractivity contribution >= 4 is 11.6 Å². The number of amides is 1. The summed E-state index contributed by atoms with van der Waals surface area (Å²) in [7, 11) is 1.60. The molecular formula is C19H19N3O3. The molecule has 1 amide bonds. The monoisotopic (exact) mass is 337 g/mol. The zero-order valence-electron chi connectivity index (χ0n) is 14.2. The summed E-state index contributed by atoms with van der Waals surface area (Å²) in [4.78, 5) is 16.3. The molecule has 0 aliphatic heterocycles. The molecule has 25 heavy (non-hydrogen) atoms. The maximum absolute atomic E-state index is 12.0. The molecule has 1 aromatic heterocycles. The second-order valence-electron chi connectivity index (χ2n) is 5.66. The summed E-state index contributed by atoms with van der Waals surface area (Å²) in [5, 5.41) is 6.81. The third kappa shape index (κ3) is 4.44. The summed E-state index contributed by atoms with van der Waals surface area (Å²) in [6, 6.07) is 15.1. The molecule has 0 atom stereocenters. The Bertz CT molecular complexity index is 856. The van der Waals surface area contributed by atoms with Crippen LogP contribution in [-0.2, 0) is 11.2 Å². The molecule has 0 aliphatic carbocycles. The first-order valence-corrected chi connectivity index (χ1v) is 7.97. The SMILES string of the molecule is COc1cccc(-c2noc(CCC(=O)Nc3ccc(C)cc3)n2)c1. The van der Waals surface area contributed by atoms with Crippen LogP contribution in [0.25, 0.3) is 11.4 Å². The normalized spacial score (nSPS) is 10.5. The molecule has 0 bridgehead atoms. The first-order valence-electron chi connectivity index (χ1n) is 7.97. The molecule has 2 aromatic carbocycles. The molecule has 0 unspecified atom stereocenters. The first kappa shape index (κ1) is 16.7. The van der Waals surface area contributed by atoms with Crippen LogP contribution in [0.15, 0.2) is 53.1 Å². The maximum Gasteiger partial charge on any atom is 0.227 e. The highest BCUT2D eigenvalue weighted by molar-refractivity contribution is 5.90. The van der Waals surface area contributed by atoms with Crippen LogP contribution < -0.4 is 10.1 Å². The van der Waals surface area contributed by atoms with Crippen molar-refractivity contribution in [1.82, 2.24) is 10.1 Å². The van der Waals surface area contributed by atoms with Crippen LogP contribution in [0, 0.1) is 6.92 Å². The minimum absolute atomic E-state index is 0.0926. The largest absolute Gasteiger partial charge is 0.497 e. The Morgan fingerprint density at radius 1 is 1.20 bits per heavy atom. The fourth-order valence-electron chi connectivity index (χ4n) is 2.32. The van der Waals surface area contributed by atoms with Crippen molar-refractivity contribution in [2.75, 3.05) is 12.4 Å². The van der Waals surface area contributed by atoms with Gasteiger partial charge in [-0.2, -0.15) is 4.98 Å². The van der Waals surface area contributed by atoms with E-state index in [1.807, 2.05) is 55.5 Å². The molecule has 0 spiro atoms. The number of aromatic nitrogens is 2. The minimum Gasteiger partial charge on any atom is -0.497 e. The lowest BCUT2D eigenvalue weighted by Crippen LogP contribution is -2.12. The highest BCUT2D eigenvalue weighted by Gasteiger charge is 2.11. The van der Waals surface area contributed by atoms with E-state index in [4.69, 9.17) is 9.26 Å². The fourth-order valence-corrected chi connectivity index (χ4v) is 2.32. The van der Waals surface area contributed by atoms with Gasteiger partial charge >= 0.3 is 0 Å². The van der Waals surface area contributed by atoms with Gasteiger partial charge in [-0.3, -0.25) is 4.79 Å². The molecule has 1 N–H and O–H groups in total. The van der Waals surface area contributed by atoms with Crippen LogP contribution >= 0.6 is 0 Å². The van der Waals surface area contributed by atoms with Gasteiger partial charge in [-0.25, -0.2) is 0 Å². The van der Waals surface area contributed by atoms with Crippen molar-refractivity contribution in [3.8, 4) is 17.1 Å². The van der Waals surface area contributed by atoms with Crippen LogP contribution in [-0.4, -0.2) is 23.2 Å². The Balaban J connectivity index is 1.57. The Labute approximate surface area is 145 Å². The lowest BCUT2D eigenvalue weighted by Gasteiger charge is -2.04. The number of hydrogen-bond acceptors (Lipinski definition) is 5. The van der Waals surface area contributed by atoms with E-state index in [0.29, 0.717) is 18.1 Å². The summed E-state index contributed by atoms with van der Waals surface area (Å²) in [6.07, 6.45) is 0.655. The average molecular weight is 337 g/mol. The average Bonchev–Trinajstić information content (AvgIpc) is 3.11. The molecule has 6 nitrogen and oxygen atoms in total. The van der Waals surface area contributed by atoms with Crippen LogP contribution in [0.2, 0.25) is 0 Å². The second-order valence-corrected chi connectivity index (χ2v) is 5.66. The van der Waals surface area contributed by atoms with Gasteiger partial charge in [0.2, 0.25) is 17.6 Å². The van der Waals surface area contributed by atoms with Crippen LogP contribution in [0.4, 0.5) is 5.69 Å². The number of carbonyl (C=O) groups is 1. The van der Waals surface area contributed by atoms with E-state index in [-0.39, 0.29) is 12.3 Å². The van der Waals surface area contributed by atoms with Gasteiger partial charge in [0, 0.05) is 24.1 Å². The smallest absolute Gasteiger partial charge is 0.227 e. The molecule has 6 heteroatoms. The molecule has 3 rings (SSSR count). The van der Waals surface area contributed by atoms with Gasteiger partial charge < -0.3 is 14.6 Å². The Hall–Kier alpha value is -3.15. The fraction of sp³-hybridized carbons (Fsp3) is 0.211. The molecule has 0 fully saturated rings. The van der Waals surface area contributed by atoms with Gasteiger partial charge in [0.1, 0.15) is 5.75 Å². The molecule has 128 valence electrons. The predicted octanol–water partition coefficient (Wildman–Crippen LogP) is 3.62. The van der Waals surface area contributed by atoms with E-state index >= 15 is 0 Å². The number of aryl methyl sites for hydroxylation is 2. The van der Waals surface area contributed by atoms with Crippen LogP contribution in [0.5, 0.6) is 5.75 Å². The highest BCUT2D eigenvalue weighted by Crippen LogP contribution is 2.21. The van der Waals surface area contributed by atoms with Crippen LogP contribution in [0.1, 0.15) is 17.9 Å². The van der Waals surface area contributed by atoms with Gasteiger partial charge in [0.15, 0.2) is 0 Å². The summed E-state index contributed by atoms with van der Waals surface area (Å²) in [6.45, 7) is 2.00. The zero-order valence-corrected chi connectivity index (χ0v) is 14.2. The van der Waals surface area contributed by atoms with E-state index in [0.717, 1.165) is 22.6 Å². The maximum atomic E-state index is 12.0. The number of benzene rings is 2. The summed E-state index contributed by atoms with van der Waals surface area (Å²) in [5.41, 5.74) is 2.73. The molecule has 0 saturated carbocycles. The van der Waals surface area contributed by atoms with Crippen molar-refractivity contribution in [3.63, 3.8) is 0 Å². The van der Waals surface area contributed by atoms with Crippen molar-refractivity contribution in [2.24, 2.45) is 0 Å². The number of nitrogens with one attached hydrogen (secondary N) is 1. The van der Waals surface area contributed by atoms with E-state index in [1.54, 1.807) is 7.11 Å². The molecule has 3 aromatic rings. The summed E-state index contributed by atoms with van der Waals surface area (Å²) in [5.74, 6) is 1.54. The third-order valence-corrected chi connectivity index (χ3v) is 3.70. The number of hydrogen-bond donors (Lipinski definition) is 1. The van der Waals surface area contributed by atoms with Crippen LogP contribution in [0.3, 0.4) is 0 Å². The molecule has 0 aliphatic rings. The van der Waals surface area contributed by atoms with E-state index in [1.165, 1.54) is 0 Å². The second kappa shape index (κ2) is 7.61. The molecule has 0 radical (unpaired) electrons. The molecule has 1 heterocycles. The number of ether oxygens (including phenoxy) is 1. The first-order chi connectivity index (χ1) is 12.1. The number of carbonyl (C=O) groups excluding carboxylic acids is 1. The molecule has 0 saturated heterocycles. The quantitative estimate of drug-likeness (QED) is 0.743. The topological polar surface area (TPSA) is 77.2 Å². The van der Waals surface area contributed by atoms with Crippen molar-refractivity contribution in [1.29, 1.82) is 0 Å². The Morgan fingerprint density at radius 3 is 2.76 bits per heavy atom. The Morgan fingerprint density at radius 2 is 2.00 bits per heavy atom. The number of methoxy groups -OCH3 is 1. The molecular weight excluding hydrogens is 318 g/mol. The van der Waals surface area contributed by atoms with Crippen molar-refractivity contribution in [3.05, 3.63) is 60.0 Å². The van der Waals surface area contributed by atoms with Gasteiger partial charge in [-0.15, -0.1) is 0 Å². The lowest BCUT2D eigenvalue weighted by atomic mass is 10.2. The number of nitrogens with zero attached hydrogens (tertiary/aromatic N) is 2. The highest BCUT2D eigenvalue weighted by atomic mass is 16.5. The van der Waals surface area contributed by atoms with E-state index in [2.05, 4.69) is 15.5 Å². The Kier molecular flexibility index (Phi) is 5.09. The third-order valence-electron chi connectivity index (χ3n) is 3.70. The van der Waals surface area contributed by atoms with Gasteiger partial charge in [0.25, 0.3) is 0 Å². The standard InChI is InChI=1S/C19H19N3O3/c1-13-6-8-15(9-7-13)20-17(23)10-11-18-21-19(22-25-18)14-4-3-5-16(12-14)24-2/h3-9,12H,10-11H2,1-2H3,(H,20,23). The van der Waals surface area contributed by atoms with Gasteiger partial charge in [0.05, 0.1) is 7.11 Å². The number of rotatable bonds is 6. The lowest BCUT2D eigenvalue weighted by molar-refractivity contribution is -0.116. The summed E-state index contributed by atoms with van der Waals surface area (Å²) >= 11 is 0. The van der Waals surface area contributed by atoms with E-state index in [9.17, 15) is 4.79 Å². The zero-order chi connectivity index (χ0) is 17.6. The van der Waals surface area contributed by atoms with E-state index < -0.39 is 0 Å². The van der Waals surface area contributed by atoms with Gasteiger partial charge in [-0.1, -0.05) is 35.0 Å². The van der Waals surface area contributed by atoms with Gasteiger partial charge in [-0.05, 0) is 31.2 Å². The number of anilines is 1. The summed E-state index contributed by atoms with van der Waals surface area (Å²) < 4.78 is 10.4. The van der Waals surface area contributed by atoms with Crippen molar-refractivity contribution in [2.45, 2.75) is 19.8 Å². The minimum atomic E-state index is -0.0926. The predicted molar refractivity (Wildman–Crippen MR) is 94.4 cm³/mol.